The van der Waals surface area contributed by atoms with Crippen LogP contribution in [0.1, 0.15) is 109 Å². The van der Waals surface area contributed by atoms with Crippen molar-refractivity contribution in [2.24, 2.45) is 0 Å². The van der Waals surface area contributed by atoms with Gasteiger partial charge < -0.3 is 9.47 Å². The summed E-state index contributed by atoms with van der Waals surface area (Å²) >= 11 is 6.41. The zero-order valence-electron chi connectivity index (χ0n) is 24.3. The minimum atomic E-state index is -0.683. The predicted molar refractivity (Wildman–Crippen MR) is 157 cm³/mol. The lowest BCUT2D eigenvalue weighted by Crippen LogP contribution is -2.37. The predicted octanol–water partition coefficient (Wildman–Crippen LogP) is 8.41. The van der Waals surface area contributed by atoms with E-state index in [1.54, 1.807) is 6.07 Å². The maximum Gasteiger partial charge on any atom is 0.417 e. The number of aromatic nitrogens is 1. The topological polar surface area (TPSA) is 59.7 Å². The van der Waals surface area contributed by atoms with Gasteiger partial charge in [-0.15, -0.1) is 0 Å². The van der Waals surface area contributed by atoms with Gasteiger partial charge in [0.1, 0.15) is 18.9 Å². The number of pyridine rings is 1. The van der Waals surface area contributed by atoms with Gasteiger partial charge in [-0.3, -0.25) is 4.79 Å². The molecule has 0 spiro atoms. The van der Waals surface area contributed by atoms with Crippen LogP contribution >= 0.6 is 11.6 Å². The van der Waals surface area contributed by atoms with Crippen LogP contribution in [0.3, 0.4) is 0 Å². The third-order valence-electron chi connectivity index (χ3n) is 6.84. The number of halogens is 1. The lowest BCUT2D eigenvalue weighted by atomic mass is 10.1. The van der Waals surface area contributed by atoms with Crippen LogP contribution in [0.15, 0.2) is 42.7 Å². The molecule has 0 saturated carbocycles. The highest BCUT2D eigenvalue weighted by Gasteiger charge is 2.21. The molecule has 7 heteroatoms. The molecular formula is C32H48ClN2O4+. The molecule has 0 aliphatic rings. The smallest absolute Gasteiger partial charge is 0.417 e. The van der Waals surface area contributed by atoms with E-state index in [4.69, 9.17) is 21.1 Å². The summed E-state index contributed by atoms with van der Waals surface area (Å²) in [7, 11) is 0. The maximum absolute atomic E-state index is 12.6. The number of benzene rings is 1. The third-order valence-corrected chi connectivity index (χ3v) is 7.14. The molecule has 2 amide bonds. The highest BCUT2D eigenvalue weighted by atomic mass is 35.5. The second-order valence-electron chi connectivity index (χ2n) is 10.2. The minimum Gasteiger partial charge on any atom is -0.492 e. The second-order valence-corrected chi connectivity index (χ2v) is 10.6. The van der Waals surface area contributed by atoms with E-state index in [1.807, 2.05) is 48.1 Å². The Morgan fingerprint density at radius 2 is 1.51 bits per heavy atom. The van der Waals surface area contributed by atoms with E-state index >= 15 is 0 Å². The zero-order valence-corrected chi connectivity index (χ0v) is 25.0. The van der Waals surface area contributed by atoms with Gasteiger partial charge in [0.05, 0.1) is 18.2 Å². The molecule has 0 N–H and O–H groups in total. The standard InChI is InChI=1S/C32H48ClN2O4/c1-4-6-7-8-9-10-11-12-13-14-15-16-22-38-31-20-19-28(23-30(31)33)26-39-32(37)35(27(3)36)25-29-18-17-21-34(5-2)24-29/h17-21,23-24H,4-16,22,25-26H2,1-3H3/q+1. The molecule has 0 bridgehead atoms. The Labute approximate surface area is 240 Å². The van der Waals surface area contributed by atoms with E-state index in [1.165, 1.54) is 71.1 Å². The summed E-state index contributed by atoms with van der Waals surface area (Å²) in [5.41, 5.74) is 1.59. The van der Waals surface area contributed by atoms with Crippen molar-refractivity contribution in [2.75, 3.05) is 6.61 Å². The molecule has 0 radical (unpaired) electrons. The van der Waals surface area contributed by atoms with Gasteiger partial charge in [0, 0.05) is 18.6 Å². The zero-order chi connectivity index (χ0) is 28.3. The molecule has 1 aromatic heterocycles. The lowest BCUT2D eigenvalue weighted by molar-refractivity contribution is -0.694. The molecule has 0 aliphatic carbocycles. The first-order chi connectivity index (χ1) is 18.9. The number of nitrogens with zero attached hydrogens (tertiary/aromatic N) is 2. The van der Waals surface area contributed by atoms with Crippen LogP contribution < -0.4 is 9.30 Å². The summed E-state index contributed by atoms with van der Waals surface area (Å²) in [6, 6.07) is 9.15. The summed E-state index contributed by atoms with van der Waals surface area (Å²) in [6.07, 6.45) is 18.8. The molecule has 216 valence electrons. The number of hydrogen-bond acceptors (Lipinski definition) is 4. The van der Waals surface area contributed by atoms with Crippen LogP contribution in [0.4, 0.5) is 4.79 Å². The Morgan fingerprint density at radius 3 is 2.10 bits per heavy atom. The normalized spacial score (nSPS) is 10.9. The summed E-state index contributed by atoms with van der Waals surface area (Å²) < 4.78 is 13.3. The Kier molecular flexibility index (Phi) is 16.3. The van der Waals surface area contributed by atoms with Gasteiger partial charge in [0.25, 0.3) is 0 Å². The first kappa shape index (κ1) is 32.6. The average Bonchev–Trinajstić information content (AvgIpc) is 2.93. The van der Waals surface area contributed by atoms with E-state index in [-0.39, 0.29) is 19.1 Å². The van der Waals surface area contributed by atoms with Crippen molar-refractivity contribution in [3.8, 4) is 5.75 Å². The highest BCUT2D eigenvalue weighted by molar-refractivity contribution is 6.32. The van der Waals surface area contributed by atoms with Crippen molar-refractivity contribution < 1.29 is 23.6 Å². The molecule has 0 unspecified atom stereocenters. The molecule has 1 aromatic carbocycles. The van der Waals surface area contributed by atoms with E-state index in [0.717, 1.165) is 35.4 Å². The Bertz CT molecular complexity index is 998. The van der Waals surface area contributed by atoms with Gasteiger partial charge in [0.15, 0.2) is 12.4 Å². The fourth-order valence-electron chi connectivity index (χ4n) is 4.45. The number of imide groups is 1. The molecule has 2 aromatic rings. The number of unbranched alkanes of at least 4 members (excludes halogenated alkanes) is 11. The number of rotatable bonds is 19. The van der Waals surface area contributed by atoms with Gasteiger partial charge in [0.2, 0.25) is 5.91 Å². The monoisotopic (exact) mass is 559 g/mol. The molecule has 2 rings (SSSR count). The third kappa shape index (κ3) is 13.3. The first-order valence-corrected chi connectivity index (χ1v) is 15.2. The quantitative estimate of drug-likeness (QED) is 0.128. The van der Waals surface area contributed by atoms with Crippen molar-refractivity contribution in [2.45, 2.75) is 118 Å². The van der Waals surface area contributed by atoms with Crippen LogP contribution in [-0.2, 0) is 29.2 Å². The largest absolute Gasteiger partial charge is 0.492 e. The van der Waals surface area contributed by atoms with Crippen molar-refractivity contribution in [3.63, 3.8) is 0 Å². The number of carbonyl (C=O) groups is 2. The molecule has 6 nitrogen and oxygen atoms in total. The van der Waals surface area contributed by atoms with Crippen molar-refractivity contribution in [1.82, 2.24) is 4.90 Å². The average molecular weight is 560 g/mol. The van der Waals surface area contributed by atoms with E-state index in [9.17, 15) is 9.59 Å². The summed E-state index contributed by atoms with van der Waals surface area (Å²) in [4.78, 5) is 25.8. The molecule has 1 heterocycles. The summed E-state index contributed by atoms with van der Waals surface area (Å²) in [5.74, 6) is 0.264. The molecule has 39 heavy (non-hydrogen) atoms. The fourth-order valence-corrected chi connectivity index (χ4v) is 4.71. The van der Waals surface area contributed by atoms with Gasteiger partial charge in [-0.25, -0.2) is 14.3 Å². The van der Waals surface area contributed by atoms with E-state index < -0.39 is 6.09 Å². The Hall–Kier alpha value is -2.60. The number of carbonyl (C=O) groups excluding carboxylic acids is 2. The number of ether oxygens (including phenoxy) is 2. The first-order valence-electron chi connectivity index (χ1n) is 14.8. The Balaban J connectivity index is 1.65. The van der Waals surface area contributed by atoms with Crippen molar-refractivity contribution >= 4 is 23.6 Å². The molecular weight excluding hydrogens is 512 g/mol. The van der Waals surface area contributed by atoms with Gasteiger partial charge >= 0.3 is 6.09 Å². The molecule has 0 fully saturated rings. The molecule has 0 aliphatic heterocycles. The maximum atomic E-state index is 12.6. The van der Waals surface area contributed by atoms with E-state index in [2.05, 4.69) is 6.92 Å². The number of hydrogen-bond donors (Lipinski definition) is 0. The lowest BCUT2D eigenvalue weighted by Gasteiger charge is -2.18. The summed E-state index contributed by atoms with van der Waals surface area (Å²) in [5, 5.41) is 0.485. The van der Waals surface area contributed by atoms with Crippen molar-refractivity contribution in [1.29, 1.82) is 0 Å². The van der Waals surface area contributed by atoms with Gasteiger partial charge in [-0.05, 0) is 37.1 Å². The number of aryl methyl sites for hydroxylation is 1. The van der Waals surface area contributed by atoms with Crippen LogP contribution in [-0.4, -0.2) is 23.5 Å². The highest BCUT2D eigenvalue weighted by Crippen LogP contribution is 2.26. The molecule has 0 saturated heterocycles. The van der Waals surface area contributed by atoms with Gasteiger partial charge in [-0.1, -0.05) is 95.2 Å². The van der Waals surface area contributed by atoms with Gasteiger partial charge in [-0.2, -0.15) is 0 Å². The van der Waals surface area contributed by atoms with Crippen LogP contribution in [0.5, 0.6) is 5.75 Å². The van der Waals surface area contributed by atoms with Crippen LogP contribution in [0, 0.1) is 0 Å². The SMILES string of the molecule is CCCCCCCCCCCCCCOc1ccc(COC(=O)N(Cc2ccc[n+](CC)c2)C(C)=O)cc1Cl. The van der Waals surface area contributed by atoms with Crippen molar-refractivity contribution in [3.05, 3.63) is 58.9 Å². The van der Waals surface area contributed by atoms with Crippen LogP contribution in [0.2, 0.25) is 5.02 Å². The number of amides is 2. The minimum absolute atomic E-state index is 0.0190. The summed E-state index contributed by atoms with van der Waals surface area (Å²) in [6.45, 7) is 7.26. The second kappa shape index (κ2) is 19.5. The molecule has 0 atom stereocenters. The fraction of sp³-hybridized carbons (Fsp3) is 0.594. The van der Waals surface area contributed by atoms with E-state index in [0.29, 0.717) is 17.4 Å². The Morgan fingerprint density at radius 1 is 0.872 bits per heavy atom. The van der Waals surface area contributed by atoms with Crippen LogP contribution in [0.25, 0.3) is 0 Å².